The fourth-order valence-corrected chi connectivity index (χ4v) is 1.94. The Labute approximate surface area is 162 Å². The molecule has 0 amide bonds. The lowest BCUT2D eigenvalue weighted by Gasteiger charge is -2.11. The molecule has 0 fully saturated rings. The number of aliphatic carboxylic acids is 1. The molecule has 0 saturated heterocycles. The summed E-state index contributed by atoms with van der Waals surface area (Å²) in [6, 6.07) is 0. The molecule has 3 atom stereocenters. The molecule has 0 aromatic carbocycles. The number of carboxylic acid groups (broad SMARTS) is 1. The van der Waals surface area contributed by atoms with Crippen LogP contribution in [0.1, 0.15) is 39.0 Å². The zero-order chi connectivity index (χ0) is 20.3. The van der Waals surface area contributed by atoms with E-state index in [1.165, 1.54) is 6.08 Å². The van der Waals surface area contributed by atoms with Crippen molar-refractivity contribution in [3.05, 3.63) is 72.9 Å². The Kier molecular flexibility index (Phi) is 15.8. The van der Waals surface area contributed by atoms with Crippen molar-refractivity contribution < 1.29 is 25.2 Å². The maximum absolute atomic E-state index is 10.3. The maximum Gasteiger partial charge on any atom is 0.303 e. The summed E-state index contributed by atoms with van der Waals surface area (Å²) in [6.45, 7) is 2.01. The fourth-order valence-electron chi connectivity index (χ4n) is 1.94. The van der Waals surface area contributed by atoms with Crippen LogP contribution >= 0.6 is 0 Å². The van der Waals surface area contributed by atoms with E-state index in [9.17, 15) is 20.1 Å². The summed E-state index contributed by atoms with van der Waals surface area (Å²) in [5.41, 5.74) is 0. The van der Waals surface area contributed by atoms with Crippen LogP contribution in [0.3, 0.4) is 0 Å². The molecule has 0 aliphatic rings. The molecule has 0 heterocycles. The van der Waals surface area contributed by atoms with E-state index in [-0.39, 0.29) is 6.42 Å². The van der Waals surface area contributed by atoms with Gasteiger partial charge in [0.05, 0.1) is 18.3 Å². The number of allylic oxidation sites excluding steroid dienone is 8. The SMILES string of the molecule is CC/C=C\C[C@H](O)[C@@H](O)/C=C/C=C/C=C\C=C\[C@@H](O)C/C=C\CCC(=O)O. The second kappa shape index (κ2) is 17.2. The lowest BCUT2D eigenvalue weighted by Crippen LogP contribution is -2.22. The number of rotatable bonds is 14. The van der Waals surface area contributed by atoms with Gasteiger partial charge in [-0.25, -0.2) is 0 Å². The van der Waals surface area contributed by atoms with Crippen molar-refractivity contribution in [2.75, 3.05) is 0 Å². The van der Waals surface area contributed by atoms with Crippen molar-refractivity contribution in [1.29, 1.82) is 0 Å². The van der Waals surface area contributed by atoms with Crippen molar-refractivity contribution >= 4 is 5.97 Å². The second-order valence-electron chi connectivity index (χ2n) is 5.92. The van der Waals surface area contributed by atoms with Gasteiger partial charge in [0.15, 0.2) is 0 Å². The summed E-state index contributed by atoms with van der Waals surface area (Å²) >= 11 is 0. The van der Waals surface area contributed by atoms with E-state index in [0.29, 0.717) is 19.3 Å². The van der Waals surface area contributed by atoms with Crippen LogP contribution in [-0.2, 0) is 4.79 Å². The van der Waals surface area contributed by atoms with Gasteiger partial charge in [0.2, 0.25) is 0 Å². The van der Waals surface area contributed by atoms with Crippen molar-refractivity contribution in [3.63, 3.8) is 0 Å². The summed E-state index contributed by atoms with van der Waals surface area (Å²) in [6.07, 6.45) is 21.0. The third-order valence-corrected chi connectivity index (χ3v) is 3.44. The summed E-state index contributed by atoms with van der Waals surface area (Å²) in [5.74, 6) is -0.831. The van der Waals surface area contributed by atoms with Crippen LogP contribution in [0.5, 0.6) is 0 Å². The Morgan fingerprint density at radius 3 is 2.04 bits per heavy atom. The summed E-state index contributed by atoms with van der Waals surface area (Å²) in [4.78, 5) is 10.3. The van der Waals surface area contributed by atoms with E-state index in [0.717, 1.165) is 6.42 Å². The van der Waals surface area contributed by atoms with Gasteiger partial charge in [0.25, 0.3) is 0 Å². The average Bonchev–Trinajstić information content (AvgIpc) is 2.63. The second-order valence-corrected chi connectivity index (χ2v) is 5.92. The maximum atomic E-state index is 10.3. The third kappa shape index (κ3) is 17.0. The molecule has 0 aliphatic carbocycles. The van der Waals surface area contributed by atoms with E-state index in [4.69, 9.17) is 5.11 Å². The highest BCUT2D eigenvalue weighted by Gasteiger charge is 2.10. The summed E-state index contributed by atoms with van der Waals surface area (Å²) < 4.78 is 0. The number of hydrogen-bond donors (Lipinski definition) is 4. The zero-order valence-electron chi connectivity index (χ0n) is 15.9. The third-order valence-electron chi connectivity index (χ3n) is 3.44. The number of hydrogen-bond acceptors (Lipinski definition) is 4. The first-order valence-corrected chi connectivity index (χ1v) is 9.21. The Morgan fingerprint density at radius 1 is 0.815 bits per heavy atom. The zero-order valence-corrected chi connectivity index (χ0v) is 15.9. The van der Waals surface area contributed by atoms with Gasteiger partial charge >= 0.3 is 5.97 Å². The molecule has 0 aliphatic heterocycles. The molecule has 5 nitrogen and oxygen atoms in total. The van der Waals surface area contributed by atoms with Crippen LogP contribution in [0, 0.1) is 0 Å². The Bertz CT molecular complexity index is 555. The topological polar surface area (TPSA) is 98.0 Å². The van der Waals surface area contributed by atoms with Crippen molar-refractivity contribution in [1.82, 2.24) is 0 Å². The van der Waals surface area contributed by atoms with E-state index in [1.807, 2.05) is 19.1 Å². The molecular formula is C22H32O5. The molecule has 0 aromatic heterocycles. The molecule has 5 heteroatoms. The predicted molar refractivity (Wildman–Crippen MR) is 109 cm³/mol. The van der Waals surface area contributed by atoms with Gasteiger partial charge < -0.3 is 20.4 Å². The van der Waals surface area contributed by atoms with Crippen molar-refractivity contribution in [2.45, 2.75) is 57.3 Å². The molecule has 0 aromatic rings. The van der Waals surface area contributed by atoms with E-state index < -0.39 is 24.3 Å². The average molecular weight is 376 g/mol. The Balaban J connectivity index is 4.03. The van der Waals surface area contributed by atoms with Crippen molar-refractivity contribution in [2.24, 2.45) is 0 Å². The monoisotopic (exact) mass is 376 g/mol. The minimum absolute atomic E-state index is 0.0951. The highest BCUT2D eigenvalue weighted by atomic mass is 16.4. The standard InChI is InChI=1S/C22H32O5/c1-2-3-9-16-20(24)21(25)17-12-7-5-4-6-10-14-19(23)15-11-8-13-18-22(26)27/h3-12,14,17,19-21,23-25H,2,13,15-16,18H2,1H3,(H,26,27)/b6-4-,7-5+,9-3-,11-8-,14-10+,17-12+/t19-,20+,21+/m1/s1. The number of carbonyl (C=O) groups is 1. The largest absolute Gasteiger partial charge is 0.481 e. The number of aliphatic hydroxyl groups is 3. The highest BCUT2D eigenvalue weighted by Crippen LogP contribution is 2.03. The molecule has 150 valence electrons. The molecule has 27 heavy (non-hydrogen) atoms. The summed E-state index contributed by atoms with van der Waals surface area (Å²) in [7, 11) is 0. The minimum Gasteiger partial charge on any atom is -0.481 e. The Morgan fingerprint density at radius 2 is 1.41 bits per heavy atom. The molecule has 0 spiro atoms. The van der Waals surface area contributed by atoms with Gasteiger partial charge in [-0.1, -0.05) is 79.8 Å². The van der Waals surface area contributed by atoms with E-state index >= 15 is 0 Å². The van der Waals surface area contributed by atoms with Crippen LogP contribution in [-0.4, -0.2) is 44.7 Å². The number of carboxylic acids is 1. The molecular weight excluding hydrogens is 344 g/mol. The fraction of sp³-hybridized carbons (Fsp3) is 0.409. The van der Waals surface area contributed by atoms with Gasteiger partial charge in [-0.3, -0.25) is 4.79 Å². The lowest BCUT2D eigenvalue weighted by atomic mass is 10.1. The first-order valence-electron chi connectivity index (χ1n) is 9.21. The number of aliphatic hydroxyl groups excluding tert-OH is 3. The van der Waals surface area contributed by atoms with Crippen molar-refractivity contribution in [3.8, 4) is 0 Å². The van der Waals surface area contributed by atoms with Gasteiger partial charge in [-0.05, 0) is 25.7 Å². The van der Waals surface area contributed by atoms with Gasteiger partial charge in [-0.15, -0.1) is 0 Å². The van der Waals surface area contributed by atoms with Crippen LogP contribution in [0.4, 0.5) is 0 Å². The molecule has 4 N–H and O–H groups in total. The summed E-state index contributed by atoms with van der Waals surface area (Å²) in [5, 5.41) is 37.7. The van der Waals surface area contributed by atoms with Crippen LogP contribution < -0.4 is 0 Å². The molecule has 0 unspecified atom stereocenters. The smallest absolute Gasteiger partial charge is 0.303 e. The molecule has 0 radical (unpaired) electrons. The normalized spacial score (nSPS) is 16.6. The molecule has 0 saturated carbocycles. The first kappa shape index (κ1) is 24.8. The van der Waals surface area contributed by atoms with Crippen LogP contribution in [0.2, 0.25) is 0 Å². The van der Waals surface area contributed by atoms with E-state index in [2.05, 4.69) is 0 Å². The quantitative estimate of drug-likeness (QED) is 0.275. The Hall–Kier alpha value is -2.21. The van der Waals surface area contributed by atoms with Gasteiger partial charge in [0, 0.05) is 6.42 Å². The van der Waals surface area contributed by atoms with Gasteiger partial charge in [-0.2, -0.15) is 0 Å². The molecule has 0 rings (SSSR count). The van der Waals surface area contributed by atoms with Crippen LogP contribution in [0.15, 0.2) is 72.9 Å². The molecule has 0 bridgehead atoms. The first-order chi connectivity index (χ1) is 13.0. The highest BCUT2D eigenvalue weighted by molar-refractivity contribution is 5.66. The minimum atomic E-state index is -0.904. The van der Waals surface area contributed by atoms with E-state index in [1.54, 1.807) is 54.7 Å². The van der Waals surface area contributed by atoms with Crippen LogP contribution in [0.25, 0.3) is 0 Å². The lowest BCUT2D eigenvalue weighted by molar-refractivity contribution is -0.136. The predicted octanol–water partition coefficient (Wildman–Crippen LogP) is 3.46. The van der Waals surface area contributed by atoms with Gasteiger partial charge in [0.1, 0.15) is 0 Å².